The van der Waals surface area contributed by atoms with E-state index in [1.165, 1.54) is 5.56 Å². The van der Waals surface area contributed by atoms with Gasteiger partial charge in [0, 0.05) is 13.2 Å². The van der Waals surface area contributed by atoms with Gasteiger partial charge < -0.3 is 9.73 Å². The summed E-state index contributed by atoms with van der Waals surface area (Å²) in [5.74, 6) is 0.947. The molecule has 1 unspecified atom stereocenters. The van der Waals surface area contributed by atoms with Crippen LogP contribution in [0, 0.1) is 0 Å². The number of nitrogens with zero attached hydrogens (tertiary/aromatic N) is 2. The lowest BCUT2D eigenvalue weighted by molar-refractivity contribution is 0.420. The van der Waals surface area contributed by atoms with E-state index in [0.29, 0.717) is 0 Å². The molecule has 0 aliphatic carbocycles. The molecule has 0 spiro atoms. The van der Waals surface area contributed by atoms with Gasteiger partial charge in [0.05, 0.1) is 12.2 Å². The molecule has 0 saturated carbocycles. The fraction of sp³-hybridized carbons (Fsp3) is 0.417. The number of aryl methyl sites for hydroxylation is 1. The largest absolute Gasteiger partial charge is 0.453 e. The lowest BCUT2D eigenvalue weighted by Gasteiger charge is -2.10. The van der Waals surface area contributed by atoms with Crippen molar-refractivity contribution in [2.75, 3.05) is 6.54 Å². The third-order valence-corrected chi connectivity index (χ3v) is 3.07. The quantitative estimate of drug-likeness (QED) is 0.923. The van der Waals surface area contributed by atoms with Gasteiger partial charge in [0.1, 0.15) is 5.76 Å². The van der Waals surface area contributed by atoms with Gasteiger partial charge in [-0.05, 0) is 53.5 Å². The molecule has 17 heavy (non-hydrogen) atoms. The van der Waals surface area contributed by atoms with E-state index >= 15 is 0 Å². The molecule has 0 aliphatic heterocycles. The molecule has 2 aromatic rings. The second-order valence-electron chi connectivity index (χ2n) is 4.09. The molecule has 0 amide bonds. The van der Waals surface area contributed by atoms with Crippen LogP contribution in [0.2, 0.25) is 0 Å². The Morgan fingerprint density at radius 3 is 2.94 bits per heavy atom. The molecular weight excluding hydrogens is 282 g/mol. The number of halogens is 1. The maximum atomic E-state index is 5.49. The van der Waals surface area contributed by atoms with Crippen molar-refractivity contribution in [3.63, 3.8) is 0 Å². The Bertz CT molecular complexity index is 478. The summed E-state index contributed by atoms with van der Waals surface area (Å²) in [5.41, 5.74) is 1.24. The van der Waals surface area contributed by atoms with Gasteiger partial charge in [0.25, 0.3) is 0 Å². The van der Waals surface area contributed by atoms with Crippen LogP contribution in [0.15, 0.2) is 33.6 Å². The molecule has 2 aromatic heterocycles. The van der Waals surface area contributed by atoms with Crippen LogP contribution in [-0.2, 0) is 13.5 Å². The van der Waals surface area contributed by atoms with Gasteiger partial charge in [0.15, 0.2) is 4.67 Å². The van der Waals surface area contributed by atoms with Gasteiger partial charge in [-0.2, -0.15) is 5.10 Å². The molecule has 92 valence electrons. The minimum absolute atomic E-state index is 0.220. The highest BCUT2D eigenvalue weighted by Gasteiger charge is 2.08. The second-order valence-corrected chi connectivity index (χ2v) is 4.87. The third kappa shape index (κ3) is 3.44. The van der Waals surface area contributed by atoms with Crippen LogP contribution in [0.3, 0.4) is 0 Å². The predicted molar refractivity (Wildman–Crippen MR) is 69.7 cm³/mol. The zero-order valence-electron chi connectivity index (χ0n) is 9.98. The summed E-state index contributed by atoms with van der Waals surface area (Å²) < 4.78 is 8.08. The van der Waals surface area contributed by atoms with Crippen molar-refractivity contribution in [2.24, 2.45) is 7.05 Å². The Labute approximate surface area is 109 Å². The molecular formula is C12H16BrN3O. The molecule has 5 heteroatoms. The van der Waals surface area contributed by atoms with Crippen molar-refractivity contribution >= 4 is 15.9 Å². The first-order chi connectivity index (χ1) is 8.15. The Kier molecular flexibility index (Phi) is 4.02. The maximum Gasteiger partial charge on any atom is 0.169 e. The highest BCUT2D eigenvalue weighted by Crippen LogP contribution is 2.19. The van der Waals surface area contributed by atoms with Crippen LogP contribution in [0.1, 0.15) is 24.3 Å². The highest BCUT2D eigenvalue weighted by molar-refractivity contribution is 9.10. The Morgan fingerprint density at radius 1 is 1.53 bits per heavy atom. The van der Waals surface area contributed by atoms with Crippen molar-refractivity contribution in [3.05, 3.63) is 40.5 Å². The Morgan fingerprint density at radius 2 is 2.35 bits per heavy atom. The first-order valence-electron chi connectivity index (χ1n) is 5.61. The zero-order chi connectivity index (χ0) is 12.3. The summed E-state index contributed by atoms with van der Waals surface area (Å²) in [6, 6.07) is 4.11. The maximum absolute atomic E-state index is 5.49. The van der Waals surface area contributed by atoms with Gasteiger partial charge in [0.2, 0.25) is 0 Å². The lowest BCUT2D eigenvalue weighted by Crippen LogP contribution is -2.20. The molecule has 0 fully saturated rings. The van der Waals surface area contributed by atoms with Crippen LogP contribution in [0.5, 0.6) is 0 Å². The van der Waals surface area contributed by atoms with E-state index in [1.807, 2.05) is 36.3 Å². The molecule has 2 rings (SSSR count). The summed E-state index contributed by atoms with van der Waals surface area (Å²) in [5, 5.41) is 7.56. The standard InChI is InChI=1S/C12H16BrN3O/c1-9(11-3-4-12(13)17-11)14-6-5-10-7-15-16(2)8-10/h3-4,7-9,14H,5-6H2,1-2H3. The molecule has 1 N–H and O–H groups in total. The van der Waals surface area contributed by atoms with E-state index in [1.54, 1.807) is 0 Å². The zero-order valence-corrected chi connectivity index (χ0v) is 11.6. The van der Waals surface area contributed by atoms with E-state index in [0.717, 1.165) is 23.4 Å². The summed E-state index contributed by atoms with van der Waals surface area (Å²) in [6.07, 6.45) is 4.91. The number of nitrogens with one attached hydrogen (secondary N) is 1. The molecule has 4 nitrogen and oxygen atoms in total. The van der Waals surface area contributed by atoms with Crippen LogP contribution in [0.25, 0.3) is 0 Å². The van der Waals surface area contributed by atoms with E-state index in [4.69, 9.17) is 4.42 Å². The Balaban J connectivity index is 1.78. The topological polar surface area (TPSA) is 43.0 Å². The second kappa shape index (κ2) is 5.51. The normalized spacial score (nSPS) is 12.9. The highest BCUT2D eigenvalue weighted by atomic mass is 79.9. The smallest absolute Gasteiger partial charge is 0.169 e. The van der Waals surface area contributed by atoms with Crippen molar-refractivity contribution in [3.8, 4) is 0 Å². The van der Waals surface area contributed by atoms with Crippen LogP contribution in [0.4, 0.5) is 0 Å². The number of aromatic nitrogens is 2. The first-order valence-corrected chi connectivity index (χ1v) is 6.40. The molecule has 2 heterocycles. The van der Waals surface area contributed by atoms with Crippen LogP contribution >= 0.6 is 15.9 Å². The fourth-order valence-electron chi connectivity index (χ4n) is 1.70. The van der Waals surface area contributed by atoms with Gasteiger partial charge in [-0.25, -0.2) is 0 Å². The average Bonchev–Trinajstić information content (AvgIpc) is 2.88. The van der Waals surface area contributed by atoms with Gasteiger partial charge >= 0.3 is 0 Å². The van der Waals surface area contributed by atoms with Crippen molar-refractivity contribution < 1.29 is 4.42 Å². The SMILES string of the molecule is CC(NCCc1cnn(C)c1)c1ccc(Br)o1. The van der Waals surface area contributed by atoms with E-state index in [-0.39, 0.29) is 6.04 Å². The van der Waals surface area contributed by atoms with Crippen LogP contribution in [-0.4, -0.2) is 16.3 Å². The third-order valence-electron chi connectivity index (χ3n) is 2.64. The lowest BCUT2D eigenvalue weighted by atomic mass is 10.2. The molecule has 0 aromatic carbocycles. The summed E-state index contributed by atoms with van der Waals surface area (Å²) in [7, 11) is 1.93. The fourth-order valence-corrected chi connectivity index (χ4v) is 2.01. The predicted octanol–water partition coefficient (Wildman–Crippen LogP) is 2.67. The van der Waals surface area contributed by atoms with Gasteiger partial charge in [-0.15, -0.1) is 0 Å². The van der Waals surface area contributed by atoms with E-state index in [2.05, 4.69) is 33.3 Å². The Hall–Kier alpha value is -1.07. The summed E-state index contributed by atoms with van der Waals surface area (Å²) in [4.78, 5) is 0. The minimum atomic E-state index is 0.220. The number of hydrogen-bond donors (Lipinski definition) is 1. The van der Waals surface area contributed by atoms with Crippen LogP contribution < -0.4 is 5.32 Å². The first kappa shape index (κ1) is 12.4. The minimum Gasteiger partial charge on any atom is -0.453 e. The molecule has 0 saturated heterocycles. The number of rotatable bonds is 5. The van der Waals surface area contributed by atoms with Crippen molar-refractivity contribution in [2.45, 2.75) is 19.4 Å². The van der Waals surface area contributed by atoms with Gasteiger partial charge in [-0.3, -0.25) is 4.68 Å². The molecule has 1 atom stereocenters. The van der Waals surface area contributed by atoms with E-state index in [9.17, 15) is 0 Å². The molecule has 0 radical (unpaired) electrons. The van der Waals surface area contributed by atoms with Crippen molar-refractivity contribution in [1.29, 1.82) is 0 Å². The molecule has 0 bridgehead atoms. The number of furan rings is 1. The number of hydrogen-bond acceptors (Lipinski definition) is 3. The van der Waals surface area contributed by atoms with E-state index < -0.39 is 0 Å². The average molecular weight is 298 g/mol. The monoisotopic (exact) mass is 297 g/mol. The summed E-state index contributed by atoms with van der Waals surface area (Å²) >= 11 is 3.30. The molecule has 0 aliphatic rings. The van der Waals surface area contributed by atoms with Crippen molar-refractivity contribution in [1.82, 2.24) is 15.1 Å². The summed E-state index contributed by atoms with van der Waals surface area (Å²) in [6.45, 7) is 3.00. The van der Waals surface area contributed by atoms with Gasteiger partial charge in [-0.1, -0.05) is 0 Å².